The molecule has 1 N–H and O–H groups in total. The van der Waals surface area contributed by atoms with Gasteiger partial charge in [-0.25, -0.2) is 8.42 Å². The lowest BCUT2D eigenvalue weighted by Crippen LogP contribution is -2.31. The lowest BCUT2D eigenvalue weighted by molar-refractivity contribution is -0.385. The topological polar surface area (TPSA) is 105 Å². The van der Waals surface area contributed by atoms with Crippen molar-refractivity contribution in [1.82, 2.24) is 4.31 Å². The molecule has 2 rings (SSSR count). The third-order valence-corrected chi connectivity index (χ3v) is 6.23. The number of non-ortho nitro benzene ring substituents is 1. The first-order valence-corrected chi connectivity index (χ1v) is 9.88. The van der Waals surface area contributed by atoms with Crippen LogP contribution in [0, 0.1) is 10.1 Å². The Balaban J connectivity index is 2.43. The molecule has 0 spiro atoms. The molecule has 1 aromatic heterocycles. The second kappa shape index (κ2) is 8.19. The molecule has 0 fully saturated rings. The van der Waals surface area contributed by atoms with Gasteiger partial charge in [0.15, 0.2) is 0 Å². The van der Waals surface area contributed by atoms with Crippen LogP contribution in [0.5, 0.6) is 0 Å². The van der Waals surface area contributed by atoms with Gasteiger partial charge >= 0.3 is 0 Å². The molecule has 0 saturated carbocycles. The van der Waals surface area contributed by atoms with Gasteiger partial charge in [-0.3, -0.25) is 15.5 Å². The number of nitro groups is 1. The summed E-state index contributed by atoms with van der Waals surface area (Å²) in [7, 11) is -3.88. The predicted octanol–water partition coefficient (Wildman–Crippen LogP) is 3.13. The fourth-order valence-electron chi connectivity index (χ4n) is 2.16. The SMILES string of the molecule is CCN(CC)S(=O)(=O)c1cc([N+](=O)[O-])ccc1N/N=C/c1ccsc1. The summed E-state index contributed by atoms with van der Waals surface area (Å²) >= 11 is 1.51. The van der Waals surface area contributed by atoms with Gasteiger partial charge in [0, 0.05) is 30.8 Å². The molecule has 0 atom stereocenters. The van der Waals surface area contributed by atoms with Gasteiger partial charge in [-0.1, -0.05) is 13.8 Å². The molecular formula is C15H18N4O4S2. The number of benzene rings is 1. The van der Waals surface area contributed by atoms with E-state index < -0.39 is 14.9 Å². The van der Waals surface area contributed by atoms with Crippen LogP contribution in [0.4, 0.5) is 11.4 Å². The lowest BCUT2D eigenvalue weighted by atomic mass is 10.3. The summed E-state index contributed by atoms with van der Waals surface area (Å²) in [6.07, 6.45) is 1.55. The number of thiophene rings is 1. The third-order valence-electron chi connectivity index (χ3n) is 3.44. The number of hydrogen-bond donors (Lipinski definition) is 1. The van der Waals surface area contributed by atoms with Crippen LogP contribution in [-0.4, -0.2) is 37.0 Å². The van der Waals surface area contributed by atoms with Crippen molar-refractivity contribution in [3.05, 3.63) is 50.7 Å². The molecule has 0 aliphatic carbocycles. The lowest BCUT2D eigenvalue weighted by Gasteiger charge is -2.20. The predicted molar refractivity (Wildman–Crippen MR) is 98.7 cm³/mol. The van der Waals surface area contributed by atoms with Gasteiger partial charge in [-0.05, 0) is 22.9 Å². The molecule has 1 aromatic carbocycles. The number of sulfonamides is 1. The molecule has 0 aliphatic rings. The molecule has 0 aliphatic heterocycles. The highest BCUT2D eigenvalue weighted by molar-refractivity contribution is 7.89. The molecule has 10 heteroatoms. The third kappa shape index (κ3) is 4.41. The quantitative estimate of drug-likeness (QED) is 0.429. The summed E-state index contributed by atoms with van der Waals surface area (Å²) in [5.74, 6) is 0. The Morgan fingerprint density at radius 1 is 1.32 bits per heavy atom. The van der Waals surface area contributed by atoms with Crippen molar-refractivity contribution in [3.8, 4) is 0 Å². The Kier molecular flexibility index (Phi) is 6.23. The minimum absolute atomic E-state index is 0.173. The first kappa shape index (κ1) is 19.0. The zero-order chi connectivity index (χ0) is 18.4. The minimum atomic E-state index is -3.88. The van der Waals surface area contributed by atoms with E-state index in [2.05, 4.69) is 10.5 Å². The van der Waals surface area contributed by atoms with Crippen molar-refractivity contribution in [2.24, 2.45) is 5.10 Å². The van der Waals surface area contributed by atoms with Crippen molar-refractivity contribution in [2.75, 3.05) is 18.5 Å². The van der Waals surface area contributed by atoms with Crippen molar-refractivity contribution in [1.29, 1.82) is 0 Å². The van der Waals surface area contributed by atoms with Crippen LogP contribution in [0.2, 0.25) is 0 Å². The van der Waals surface area contributed by atoms with Crippen molar-refractivity contribution in [3.63, 3.8) is 0 Å². The maximum absolute atomic E-state index is 12.8. The zero-order valence-corrected chi connectivity index (χ0v) is 15.4. The molecule has 134 valence electrons. The minimum Gasteiger partial charge on any atom is -0.277 e. The van der Waals surface area contributed by atoms with Crippen molar-refractivity contribution in [2.45, 2.75) is 18.7 Å². The Morgan fingerprint density at radius 2 is 2.04 bits per heavy atom. The Bertz CT molecular complexity index is 860. The van der Waals surface area contributed by atoms with Gasteiger partial charge < -0.3 is 0 Å². The van der Waals surface area contributed by atoms with Crippen LogP contribution in [0.25, 0.3) is 0 Å². The van der Waals surface area contributed by atoms with Crippen molar-refractivity contribution >= 4 is 38.9 Å². The van der Waals surface area contributed by atoms with Crippen LogP contribution < -0.4 is 5.43 Å². The van der Waals surface area contributed by atoms with E-state index in [-0.39, 0.29) is 29.4 Å². The van der Waals surface area contributed by atoms with Gasteiger partial charge in [0.1, 0.15) is 4.90 Å². The largest absolute Gasteiger partial charge is 0.277 e. The zero-order valence-electron chi connectivity index (χ0n) is 13.7. The summed E-state index contributed by atoms with van der Waals surface area (Å²) in [5, 5.41) is 18.8. The van der Waals surface area contributed by atoms with E-state index in [1.807, 2.05) is 16.8 Å². The van der Waals surface area contributed by atoms with Crippen LogP contribution in [0.1, 0.15) is 19.4 Å². The highest BCUT2D eigenvalue weighted by Crippen LogP contribution is 2.29. The van der Waals surface area contributed by atoms with Crippen LogP contribution in [-0.2, 0) is 10.0 Å². The maximum atomic E-state index is 12.8. The van der Waals surface area contributed by atoms with Gasteiger partial charge in [-0.15, -0.1) is 0 Å². The smallest absolute Gasteiger partial charge is 0.270 e. The molecule has 2 aromatic rings. The second-order valence-corrected chi connectivity index (χ2v) is 7.64. The highest BCUT2D eigenvalue weighted by Gasteiger charge is 2.27. The molecule has 0 amide bonds. The number of nitro benzene ring substituents is 1. The number of hydrogen-bond acceptors (Lipinski definition) is 7. The molecule has 0 radical (unpaired) electrons. The molecule has 0 unspecified atom stereocenters. The van der Waals surface area contributed by atoms with E-state index in [1.54, 1.807) is 20.1 Å². The summed E-state index contributed by atoms with van der Waals surface area (Å²) in [6.45, 7) is 3.94. The molecule has 0 bridgehead atoms. The maximum Gasteiger partial charge on any atom is 0.270 e. The van der Waals surface area contributed by atoms with E-state index in [0.29, 0.717) is 0 Å². The fourth-order valence-corrected chi connectivity index (χ4v) is 4.39. The van der Waals surface area contributed by atoms with Gasteiger partial charge in [-0.2, -0.15) is 20.7 Å². The Morgan fingerprint density at radius 3 is 2.60 bits per heavy atom. The normalized spacial score (nSPS) is 12.0. The van der Waals surface area contributed by atoms with Crippen LogP contribution >= 0.6 is 11.3 Å². The van der Waals surface area contributed by atoms with Crippen LogP contribution in [0.3, 0.4) is 0 Å². The molecule has 1 heterocycles. The number of nitrogens with one attached hydrogen (secondary N) is 1. The summed E-state index contributed by atoms with van der Waals surface area (Å²) in [4.78, 5) is 10.2. The summed E-state index contributed by atoms with van der Waals surface area (Å²) in [6, 6.07) is 5.50. The highest BCUT2D eigenvalue weighted by atomic mass is 32.2. The standard InChI is InChI=1S/C15H18N4O4S2/c1-3-18(4-2)25(22,23)15-9-13(19(20)21)5-6-14(15)17-16-10-12-7-8-24-11-12/h5-11,17H,3-4H2,1-2H3/b16-10+. The number of nitrogens with zero attached hydrogens (tertiary/aromatic N) is 3. The van der Waals surface area contributed by atoms with E-state index in [4.69, 9.17) is 0 Å². The molecular weight excluding hydrogens is 364 g/mol. The van der Waals surface area contributed by atoms with Gasteiger partial charge in [0.2, 0.25) is 10.0 Å². The fraction of sp³-hybridized carbons (Fsp3) is 0.267. The molecule has 25 heavy (non-hydrogen) atoms. The Labute approximate surface area is 150 Å². The molecule has 0 saturated heterocycles. The number of anilines is 1. The monoisotopic (exact) mass is 382 g/mol. The van der Waals surface area contributed by atoms with Crippen molar-refractivity contribution < 1.29 is 13.3 Å². The van der Waals surface area contributed by atoms with E-state index in [0.717, 1.165) is 11.6 Å². The van der Waals surface area contributed by atoms with E-state index in [1.165, 1.54) is 27.8 Å². The average Bonchev–Trinajstić information content (AvgIpc) is 3.09. The second-order valence-electron chi connectivity index (χ2n) is 4.95. The first-order chi connectivity index (χ1) is 11.9. The van der Waals surface area contributed by atoms with Gasteiger partial charge in [0.25, 0.3) is 5.69 Å². The number of rotatable bonds is 8. The summed E-state index contributed by atoms with van der Waals surface area (Å²) in [5.41, 5.74) is 3.43. The Hall–Kier alpha value is -2.30. The van der Waals surface area contributed by atoms with Gasteiger partial charge in [0.05, 0.1) is 16.8 Å². The van der Waals surface area contributed by atoms with E-state index in [9.17, 15) is 18.5 Å². The number of hydrazone groups is 1. The summed E-state index contributed by atoms with van der Waals surface area (Å²) < 4.78 is 26.8. The van der Waals surface area contributed by atoms with Crippen LogP contribution in [0.15, 0.2) is 45.0 Å². The average molecular weight is 382 g/mol. The van der Waals surface area contributed by atoms with E-state index >= 15 is 0 Å². The first-order valence-electron chi connectivity index (χ1n) is 7.50. The molecule has 8 nitrogen and oxygen atoms in total.